The van der Waals surface area contributed by atoms with Crippen molar-refractivity contribution in [2.24, 2.45) is 0 Å². The van der Waals surface area contributed by atoms with E-state index in [1.807, 2.05) is 32.9 Å². The maximum Gasteiger partial charge on any atom is 0.419 e. The fourth-order valence-electron chi connectivity index (χ4n) is 7.82. The third kappa shape index (κ3) is 8.88. The zero-order valence-corrected chi connectivity index (χ0v) is 33.6. The van der Waals surface area contributed by atoms with Gasteiger partial charge in [0.05, 0.1) is 45.7 Å². The molecule has 3 aromatic carbocycles. The number of benzene rings is 3. The maximum absolute atomic E-state index is 14.2. The number of halogens is 3. The van der Waals surface area contributed by atoms with E-state index in [-0.39, 0.29) is 52.1 Å². The number of rotatable bonds is 11. The summed E-state index contributed by atoms with van der Waals surface area (Å²) in [5.41, 5.74) is 5.09. The minimum atomic E-state index is -4.71. The Hall–Kier alpha value is -5.32. The van der Waals surface area contributed by atoms with E-state index in [1.54, 1.807) is 18.2 Å². The number of anilines is 5. The topological polar surface area (TPSA) is 131 Å². The number of hydrogen-bond donors (Lipinski definition) is 5. The Bertz CT molecular complexity index is 2210. The van der Waals surface area contributed by atoms with Crippen molar-refractivity contribution >= 4 is 58.9 Å². The van der Waals surface area contributed by atoms with Gasteiger partial charge in [-0.05, 0) is 67.6 Å². The van der Waals surface area contributed by atoms with Crippen LogP contribution >= 0.6 is 12.6 Å². The van der Waals surface area contributed by atoms with E-state index in [9.17, 15) is 27.6 Å². The second-order valence-corrected chi connectivity index (χ2v) is 15.6. The van der Waals surface area contributed by atoms with Crippen molar-refractivity contribution in [2.45, 2.75) is 70.4 Å². The molecule has 7 rings (SSSR count). The number of amides is 3. The number of hydrogen-bond acceptors (Lipinski definition) is 11. The smallest absolute Gasteiger partial charge is 0.419 e. The molecule has 0 bridgehead atoms. The van der Waals surface area contributed by atoms with Gasteiger partial charge in [-0.3, -0.25) is 29.5 Å². The molecular formula is C42H47F3N8O4S. The van der Waals surface area contributed by atoms with Crippen LogP contribution in [-0.2, 0) is 28.9 Å². The van der Waals surface area contributed by atoms with Gasteiger partial charge in [-0.2, -0.15) is 25.8 Å². The quantitative estimate of drug-likeness (QED) is 0.0804. The van der Waals surface area contributed by atoms with Crippen molar-refractivity contribution in [2.75, 3.05) is 48.8 Å². The summed E-state index contributed by atoms with van der Waals surface area (Å²) < 4.78 is 48.8. The number of fused-ring (bicyclic) bond motifs is 1. The molecule has 16 heteroatoms. The van der Waals surface area contributed by atoms with Gasteiger partial charge < -0.3 is 25.6 Å². The van der Waals surface area contributed by atoms with Crippen LogP contribution in [0, 0.1) is 6.92 Å². The predicted molar refractivity (Wildman–Crippen MR) is 220 cm³/mol. The largest absolute Gasteiger partial charge is 0.489 e. The van der Waals surface area contributed by atoms with E-state index in [0.29, 0.717) is 30.8 Å². The lowest BCUT2D eigenvalue weighted by molar-refractivity contribution is -0.138. The molecule has 0 radical (unpaired) electrons. The number of ether oxygens (including phenoxy) is 1. The molecule has 0 saturated carbocycles. The molecule has 4 aromatic rings. The van der Waals surface area contributed by atoms with Crippen LogP contribution in [-0.4, -0.2) is 77.9 Å². The second kappa shape index (κ2) is 16.9. The molecule has 0 spiro atoms. The minimum absolute atomic E-state index is 0.155. The molecular weight excluding hydrogens is 770 g/mol. The summed E-state index contributed by atoms with van der Waals surface area (Å²) in [6.07, 6.45) is -3.31. The Balaban J connectivity index is 1.04. The van der Waals surface area contributed by atoms with Gasteiger partial charge in [0.25, 0.3) is 5.91 Å². The summed E-state index contributed by atoms with van der Waals surface area (Å²) in [5.74, 6) is -0.240. The lowest BCUT2D eigenvalue weighted by atomic mass is 10.0. The van der Waals surface area contributed by atoms with Crippen LogP contribution < -0.4 is 30.9 Å². The van der Waals surface area contributed by atoms with Crippen molar-refractivity contribution in [3.8, 4) is 5.75 Å². The zero-order chi connectivity index (χ0) is 41.3. The molecule has 2 atom stereocenters. The molecule has 2 saturated heterocycles. The van der Waals surface area contributed by atoms with Gasteiger partial charge in [-0.1, -0.05) is 30.3 Å². The molecule has 3 aliphatic heterocycles. The van der Waals surface area contributed by atoms with Crippen molar-refractivity contribution in [1.82, 2.24) is 25.4 Å². The maximum atomic E-state index is 14.2. The van der Waals surface area contributed by atoms with Crippen molar-refractivity contribution in [3.05, 3.63) is 100 Å². The number of carbonyl (C=O) groups excluding carboxylic acids is 3. The molecule has 2 unspecified atom stereocenters. The third-order valence-corrected chi connectivity index (χ3v) is 11.3. The Morgan fingerprint density at radius 3 is 2.47 bits per heavy atom. The summed E-state index contributed by atoms with van der Waals surface area (Å²) >= 11 is 4.84. The van der Waals surface area contributed by atoms with Crippen LogP contribution in [0.4, 0.5) is 41.7 Å². The minimum Gasteiger partial charge on any atom is -0.489 e. The number of thiol groups is 1. The molecule has 3 aliphatic rings. The van der Waals surface area contributed by atoms with Crippen LogP contribution in [0.3, 0.4) is 0 Å². The number of piperidine rings is 1. The van der Waals surface area contributed by atoms with E-state index in [1.165, 1.54) is 24.7 Å². The number of aromatic nitrogens is 1. The van der Waals surface area contributed by atoms with Crippen LogP contribution in [0.5, 0.6) is 5.75 Å². The van der Waals surface area contributed by atoms with Crippen LogP contribution in [0.25, 0.3) is 0 Å². The van der Waals surface area contributed by atoms with E-state index in [4.69, 9.17) is 17.4 Å². The van der Waals surface area contributed by atoms with Crippen molar-refractivity contribution < 1.29 is 32.3 Å². The van der Waals surface area contributed by atoms with Gasteiger partial charge >= 0.3 is 6.18 Å². The van der Waals surface area contributed by atoms with Crippen LogP contribution in [0.15, 0.2) is 66.9 Å². The van der Waals surface area contributed by atoms with E-state index >= 15 is 0 Å². The fourth-order valence-corrected chi connectivity index (χ4v) is 8.31. The summed E-state index contributed by atoms with van der Waals surface area (Å²) in [5, 5.41) is 10.8. The number of nitrogens with one attached hydrogen (secondary N) is 4. The molecule has 4 heterocycles. The monoisotopic (exact) mass is 816 g/mol. The molecule has 4 N–H and O–H groups in total. The highest BCUT2D eigenvalue weighted by atomic mass is 32.1. The zero-order valence-electron chi connectivity index (χ0n) is 32.7. The van der Waals surface area contributed by atoms with Crippen molar-refractivity contribution in [1.29, 1.82) is 0 Å². The molecule has 0 aliphatic carbocycles. The van der Waals surface area contributed by atoms with Gasteiger partial charge in [0, 0.05) is 76.8 Å². The number of imide groups is 1. The summed E-state index contributed by atoms with van der Waals surface area (Å²) in [7, 11) is 1.45. The summed E-state index contributed by atoms with van der Waals surface area (Å²) in [6.45, 7) is 10.4. The fraction of sp³-hybridized carbons (Fsp3) is 0.381. The first-order valence-corrected chi connectivity index (χ1v) is 19.8. The second-order valence-electron chi connectivity index (χ2n) is 15.1. The first-order chi connectivity index (χ1) is 27.7. The Morgan fingerprint density at radius 1 is 1.00 bits per heavy atom. The molecule has 12 nitrogen and oxygen atoms in total. The van der Waals surface area contributed by atoms with Crippen molar-refractivity contribution in [3.63, 3.8) is 0 Å². The number of piperazine rings is 1. The van der Waals surface area contributed by atoms with Gasteiger partial charge in [0.1, 0.15) is 11.6 Å². The van der Waals surface area contributed by atoms with Crippen LogP contribution in [0.1, 0.15) is 70.2 Å². The normalized spacial score (nSPS) is 18.9. The number of nitrogens with zero attached hydrogens (tertiary/aromatic N) is 4. The summed E-state index contributed by atoms with van der Waals surface area (Å²) in [4.78, 5) is 47.7. The molecule has 306 valence electrons. The molecule has 2 fully saturated rings. The number of para-hydroxylation sites is 1. The number of aryl methyl sites for hydroxylation is 1. The standard InChI is InChI=1S/C42H47F3N8O4S/c1-24(2)57-36-20-35(25(3)17-33(36)49-37-19-32(30(21-47-37)42(43,44)45)48-31-8-6-5-7-29(31)39(55)46-4)52-15-13-51(14-16-52)22-26-9-10-28-27(18-26)23-53(41(28)58)34-11-12-38(54)50-40(34)56/h5-10,17-21,24,34,41,58H,11-16,22-23H2,1-4H3,(H,46,55)(H2,47,48,49)(H,50,54,56). The Kier molecular flexibility index (Phi) is 11.9. The first kappa shape index (κ1) is 40.9. The summed E-state index contributed by atoms with van der Waals surface area (Å²) in [6, 6.07) is 17.6. The number of alkyl halides is 3. The van der Waals surface area contributed by atoms with E-state index in [2.05, 4.69) is 59.1 Å². The lowest BCUT2D eigenvalue weighted by Gasteiger charge is -2.37. The highest BCUT2D eigenvalue weighted by Gasteiger charge is 2.39. The number of pyridine rings is 1. The van der Waals surface area contributed by atoms with Crippen LogP contribution in [0.2, 0.25) is 0 Å². The van der Waals surface area contributed by atoms with E-state index in [0.717, 1.165) is 61.3 Å². The highest BCUT2D eigenvalue weighted by molar-refractivity contribution is 7.80. The molecule has 58 heavy (non-hydrogen) atoms. The highest BCUT2D eigenvalue weighted by Crippen LogP contribution is 2.42. The SMILES string of the molecule is CNC(=O)c1ccccc1Nc1cc(Nc2cc(C)c(N3CCN(Cc4ccc5c(c4)CN(C4CCC(=O)NC4=O)C5S)CC3)cc2OC(C)C)ncc1C(F)(F)F. The van der Waals surface area contributed by atoms with Gasteiger partial charge in [0.15, 0.2) is 0 Å². The predicted octanol–water partition coefficient (Wildman–Crippen LogP) is 6.91. The average molecular weight is 817 g/mol. The molecule has 3 amide bonds. The van der Waals surface area contributed by atoms with E-state index < -0.39 is 17.6 Å². The van der Waals surface area contributed by atoms with Gasteiger partial charge in [-0.15, -0.1) is 0 Å². The number of carbonyl (C=O) groups is 3. The molecule has 1 aromatic heterocycles. The Labute approximate surface area is 340 Å². The lowest BCUT2D eigenvalue weighted by Crippen LogP contribution is -2.51. The van der Waals surface area contributed by atoms with Gasteiger partial charge in [0.2, 0.25) is 11.8 Å². The Morgan fingerprint density at radius 2 is 1.76 bits per heavy atom. The van der Waals surface area contributed by atoms with Gasteiger partial charge in [-0.25, -0.2) is 4.98 Å². The average Bonchev–Trinajstić information content (AvgIpc) is 3.50. The third-order valence-electron chi connectivity index (χ3n) is 10.7. The first-order valence-electron chi connectivity index (χ1n) is 19.3.